The zero-order chi connectivity index (χ0) is 16.3. The molecule has 1 atom stereocenters. The number of hydrogen-bond acceptors (Lipinski definition) is 2. The highest BCUT2D eigenvalue weighted by Gasteiger charge is 2.26. The number of benzene rings is 1. The Balaban J connectivity index is 2.48. The van der Waals surface area contributed by atoms with Crippen LogP contribution in [0.1, 0.15) is 52.3 Å². The molecular formula is C20H32N2. The quantitative estimate of drug-likeness (QED) is 0.822. The number of rotatable bonds is 5. The minimum absolute atomic E-state index is 0.526. The van der Waals surface area contributed by atoms with Crippen LogP contribution in [0.2, 0.25) is 0 Å². The molecular weight excluding hydrogens is 268 g/mol. The second kappa shape index (κ2) is 7.43. The van der Waals surface area contributed by atoms with E-state index in [2.05, 4.69) is 57.5 Å². The van der Waals surface area contributed by atoms with E-state index in [0.717, 1.165) is 32.6 Å². The third-order valence-electron chi connectivity index (χ3n) is 5.63. The molecule has 0 radical (unpaired) electrons. The van der Waals surface area contributed by atoms with Crippen molar-refractivity contribution in [1.82, 2.24) is 10.2 Å². The molecule has 1 saturated heterocycles. The first-order valence-corrected chi connectivity index (χ1v) is 8.61. The van der Waals surface area contributed by atoms with E-state index in [9.17, 15) is 0 Å². The molecule has 2 nitrogen and oxygen atoms in total. The van der Waals surface area contributed by atoms with Crippen molar-refractivity contribution in [2.75, 3.05) is 26.2 Å². The van der Waals surface area contributed by atoms with Gasteiger partial charge in [-0.1, -0.05) is 6.08 Å². The van der Waals surface area contributed by atoms with Crippen LogP contribution < -0.4 is 5.32 Å². The van der Waals surface area contributed by atoms with Gasteiger partial charge in [0.25, 0.3) is 0 Å². The predicted octanol–water partition coefficient (Wildman–Crippen LogP) is 4.14. The summed E-state index contributed by atoms with van der Waals surface area (Å²) in [6.45, 7) is 19.9. The summed E-state index contributed by atoms with van der Waals surface area (Å²) < 4.78 is 0. The van der Waals surface area contributed by atoms with Gasteiger partial charge >= 0.3 is 0 Å². The van der Waals surface area contributed by atoms with Crippen LogP contribution in [-0.4, -0.2) is 31.1 Å². The van der Waals surface area contributed by atoms with Gasteiger partial charge in [-0.15, -0.1) is 6.58 Å². The molecule has 0 aliphatic carbocycles. The molecule has 1 aromatic rings. The predicted molar refractivity (Wildman–Crippen MR) is 96.7 cm³/mol. The SMILES string of the molecule is C=CCC[C@@H](c1c(C)c(C)c(C)c(C)c1C)N1CCNCC1. The summed E-state index contributed by atoms with van der Waals surface area (Å²) in [7, 11) is 0. The topological polar surface area (TPSA) is 15.3 Å². The molecule has 0 aromatic heterocycles. The molecule has 2 heteroatoms. The van der Waals surface area contributed by atoms with E-state index in [1.807, 2.05) is 0 Å². The molecule has 1 aromatic carbocycles. The van der Waals surface area contributed by atoms with Crippen molar-refractivity contribution in [3.8, 4) is 0 Å². The van der Waals surface area contributed by atoms with E-state index in [-0.39, 0.29) is 0 Å². The minimum atomic E-state index is 0.526. The van der Waals surface area contributed by atoms with Crippen molar-refractivity contribution in [3.05, 3.63) is 46.0 Å². The summed E-state index contributed by atoms with van der Waals surface area (Å²) in [5.41, 5.74) is 8.96. The first-order valence-electron chi connectivity index (χ1n) is 8.61. The van der Waals surface area contributed by atoms with Crippen LogP contribution in [0.3, 0.4) is 0 Å². The molecule has 1 aliphatic rings. The van der Waals surface area contributed by atoms with Gasteiger partial charge in [0.2, 0.25) is 0 Å². The van der Waals surface area contributed by atoms with Crippen LogP contribution in [0.15, 0.2) is 12.7 Å². The van der Waals surface area contributed by atoms with Crippen molar-refractivity contribution in [1.29, 1.82) is 0 Å². The summed E-state index contributed by atoms with van der Waals surface area (Å²) in [6.07, 6.45) is 4.32. The van der Waals surface area contributed by atoms with Crippen LogP contribution in [-0.2, 0) is 0 Å². The number of nitrogens with one attached hydrogen (secondary N) is 1. The normalized spacial score (nSPS) is 17.5. The molecule has 0 bridgehead atoms. The summed E-state index contributed by atoms with van der Waals surface area (Å²) in [4.78, 5) is 2.67. The lowest BCUT2D eigenvalue weighted by atomic mass is 9.84. The zero-order valence-electron chi connectivity index (χ0n) is 15.1. The van der Waals surface area contributed by atoms with E-state index in [0.29, 0.717) is 6.04 Å². The fraction of sp³-hybridized carbons (Fsp3) is 0.600. The van der Waals surface area contributed by atoms with Crippen molar-refractivity contribution < 1.29 is 0 Å². The van der Waals surface area contributed by atoms with Crippen LogP contribution in [0.4, 0.5) is 0 Å². The van der Waals surface area contributed by atoms with Gasteiger partial charge < -0.3 is 5.32 Å². The van der Waals surface area contributed by atoms with E-state index in [4.69, 9.17) is 0 Å². The Kier molecular flexibility index (Phi) is 5.82. The second-order valence-electron chi connectivity index (χ2n) is 6.71. The third-order valence-corrected chi connectivity index (χ3v) is 5.63. The van der Waals surface area contributed by atoms with Gasteiger partial charge in [0.1, 0.15) is 0 Å². The molecule has 2 rings (SSSR count). The molecule has 0 unspecified atom stereocenters. The molecule has 22 heavy (non-hydrogen) atoms. The van der Waals surface area contributed by atoms with E-state index < -0.39 is 0 Å². The van der Waals surface area contributed by atoms with Crippen LogP contribution in [0.5, 0.6) is 0 Å². The first-order chi connectivity index (χ1) is 10.5. The van der Waals surface area contributed by atoms with E-state index >= 15 is 0 Å². The highest BCUT2D eigenvalue weighted by Crippen LogP contribution is 2.36. The van der Waals surface area contributed by atoms with Crippen molar-refractivity contribution in [2.24, 2.45) is 0 Å². The fourth-order valence-electron chi connectivity index (χ4n) is 3.81. The van der Waals surface area contributed by atoms with Gasteiger partial charge in [0.05, 0.1) is 0 Å². The van der Waals surface area contributed by atoms with Gasteiger partial charge in [-0.25, -0.2) is 0 Å². The summed E-state index contributed by atoms with van der Waals surface area (Å²) in [5, 5.41) is 3.48. The lowest BCUT2D eigenvalue weighted by Crippen LogP contribution is -2.45. The fourth-order valence-corrected chi connectivity index (χ4v) is 3.81. The highest BCUT2D eigenvalue weighted by molar-refractivity contribution is 5.50. The summed E-state index contributed by atoms with van der Waals surface area (Å²) in [5.74, 6) is 0. The molecule has 1 N–H and O–H groups in total. The Bertz CT molecular complexity index is 510. The van der Waals surface area contributed by atoms with E-state index in [1.165, 1.54) is 34.2 Å². The molecule has 1 fully saturated rings. The Morgan fingerprint density at radius 3 is 1.95 bits per heavy atom. The van der Waals surface area contributed by atoms with Gasteiger partial charge in [-0.3, -0.25) is 4.90 Å². The molecule has 1 aliphatic heterocycles. The Labute approximate surface area is 136 Å². The van der Waals surface area contributed by atoms with Gasteiger partial charge in [0, 0.05) is 32.2 Å². The molecule has 0 saturated carbocycles. The summed E-state index contributed by atoms with van der Waals surface area (Å²) in [6, 6.07) is 0.526. The average Bonchev–Trinajstić information content (AvgIpc) is 2.55. The maximum Gasteiger partial charge on any atom is 0.0357 e. The molecule has 1 heterocycles. The molecule has 0 spiro atoms. The van der Waals surface area contributed by atoms with Crippen LogP contribution in [0, 0.1) is 34.6 Å². The smallest absolute Gasteiger partial charge is 0.0357 e. The lowest BCUT2D eigenvalue weighted by Gasteiger charge is -2.37. The van der Waals surface area contributed by atoms with Gasteiger partial charge in [-0.05, 0) is 80.8 Å². The maximum atomic E-state index is 3.93. The van der Waals surface area contributed by atoms with Crippen molar-refractivity contribution in [3.63, 3.8) is 0 Å². The van der Waals surface area contributed by atoms with Gasteiger partial charge in [0.15, 0.2) is 0 Å². The number of allylic oxidation sites excluding steroid dienone is 1. The monoisotopic (exact) mass is 300 g/mol. The maximum absolute atomic E-state index is 3.93. The highest BCUT2D eigenvalue weighted by atomic mass is 15.2. The lowest BCUT2D eigenvalue weighted by molar-refractivity contribution is 0.165. The number of hydrogen-bond donors (Lipinski definition) is 1. The van der Waals surface area contributed by atoms with Crippen LogP contribution >= 0.6 is 0 Å². The Hall–Kier alpha value is -1.12. The van der Waals surface area contributed by atoms with E-state index in [1.54, 1.807) is 5.56 Å². The number of piperazine rings is 1. The molecule has 0 amide bonds. The largest absolute Gasteiger partial charge is 0.314 e. The average molecular weight is 300 g/mol. The van der Waals surface area contributed by atoms with Crippen molar-refractivity contribution >= 4 is 0 Å². The van der Waals surface area contributed by atoms with Crippen LogP contribution in [0.25, 0.3) is 0 Å². The Morgan fingerprint density at radius 1 is 0.955 bits per heavy atom. The second-order valence-corrected chi connectivity index (χ2v) is 6.71. The number of nitrogens with zero attached hydrogens (tertiary/aromatic N) is 1. The Morgan fingerprint density at radius 2 is 1.45 bits per heavy atom. The molecule has 122 valence electrons. The third kappa shape index (κ3) is 3.28. The standard InChI is InChI=1S/C20H32N2/c1-7-8-9-19(22-12-10-21-11-13-22)20-17(5)15(3)14(2)16(4)18(20)6/h7,19,21H,1,8-13H2,2-6H3/t19-/m0/s1. The van der Waals surface area contributed by atoms with Gasteiger partial charge in [-0.2, -0.15) is 0 Å². The summed E-state index contributed by atoms with van der Waals surface area (Å²) >= 11 is 0. The van der Waals surface area contributed by atoms with Crippen molar-refractivity contribution in [2.45, 2.75) is 53.5 Å². The first kappa shape index (κ1) is 17.2. The minimum Gasteiger partial charge on any atom is -0.314 e. The zero-order valence-corrected chi connectivity index (χ0v) is 15.1.